The fraction of sp³-hybridized carbons (Fsp3) is 0.538. The molecule has 0 aromatic carbocycles. The van der Waals surface area contributed by atoms with Crippen molar-refractivity contribution in [3.8, 4) is 6.07 Å². The number of hydrogen-bond donors (Lipinski definition) is 2. The van der Waals surface area contributed by atoms with Crippen LogP contribution in [0.15, 0.2) is 0 Å². The molecule has 1 aromatic rings. The minimum absolute atomic E-state index is 0.180. The van der Waals surface area contributed by atoms with E-state index in [1.165, 1.54) is 16.2 Å². The molecule has 1 aliphatic heterocycles. The second-order valence-electron chi connectivity index (χ2n) is 5.26. The molecule has 1 amide bonds. The Morgan fingerprint density at radius 2 is 2.00 bits per heavy atom. The van der Waals surface area contributed by atoms with E-state index in [4.69, 9.17) is 5.73 Å². The minimum Gasteiger partial charge on any atom is -0.396 e. The molecule has 21 heavy (non-hydrogen) atoms. The number of nitrogens with one attached hydrogen (secondary N) is 1. The maximum atomic E-state index is 12.1. The van der Waals surface area contributed by atoms with Gasteiger partial charge in [-0.25, -0.2) is 5.01 Å². The summed E-state index contributed by atoms with van der Waals surface area (Å²) in [5, 5.41) is 12.0. The van der Waals surface area contributed by atoms with Crippen molar-refractivity contribution in [2.24, 2.45) is 0 Å². The first-order valence-corrected chi connectivity index (χ1v) is 7.49. The van der Waals surface area contributed by atoms with Crippen molar-refractivity contribution in [1.29, 1.82) is 5.26 Å². The Labute approximate surface area is 128 Å². The Bertz CT molecular complexity index is 568. The van der Waals surface area contributed by atoms with Gasteiger partial charge in [0.05, 0.1) is 5.69 Å². The summed E-state index contributed by atoms with van der Waals surface area (Å²) in [5.41, 5.74) is 9.80. The summed E-state index contributed by atoms with van der Waals surface area (Å²) >= 11 is 1.24. The highest BCUT2D eigenvalue weighted by molar-refractivity contribution is 7.18. The van der Waals surface area contributed by atoms with Crippen molar-refractivity contribution >= 4 is 27.9 Å². The number of rotatable bonds is 3. The zero-order chi connectivity index (χ0) is 15.6. The molecule has 1 saturated heterocycles. The maximum absolute atomic E-state index is 12.1. The number of likely N-dealkylation sites (N-methyl/N-ethyl adjacent to an activating group) is 1. The third-order valence-electron chi connectivity index (χ3n) is 3.42. The van der Waals surface area contributed by atoms with Gasteiger partial charge in [-0.2, -0.15) is 5.26 Å². The van der Waals surface area contributed by atoms with Gasteiger partial charge in [-0.15, -0.1) is 11.3 Å². The molecule has 0 aliphatic carbocycles. The molecule has 0 radical (unpaired) electrons. The summed E-state index contributed by atoms with van der Waals surface area (Å²) in [4.78, 5) is 16.2. The fourth-order valence-electron chi connectivity index (χ4n) is 2.06. The summed E-state index contributed by atoms with van der Waals surface area (Å²) in [6.45, 7) is 3.63. The normalized spacial score (nSPS) is 16.5. The third-order valence-corrected chi connectivity index (χ3v) is 4.52. The minimum atomic E-state index is -0.180. The number of anilines is 2. The van der Waals surface area contributed by atoms with Crippen LogP contribution in [0.4, 0.5) is 10.7 Å². The number of carbonyl (C=O) groups is 1. The smallest absolute Gasteiger partial charge is 0.265 e. The molecule has 8 heteroatoms. The lowest BCUT2D eigenvalue weighted by Gasteiger charge is -2.32. The van der Waals surface area contributed by atoms with Crippen LogP contribution in [-0.2, 0) is 0 Å². The Balaban J connectivity index is 2.22. The van der Waals surface area contributed by atoms with E-state index in [0.717, 1.165) is 26.2 Å². The van der Waals surface area contributed by atoms with E-state index < -0.39 is 0 Å². The van der Waals surface area contributed by atoms with E-state index in [9.17, 15) is 10.1 Å². The zero-order valence-corrected chi connectivity index (χ0v) is 13.3. The van der Waals surface area contributed by atoms with E-state index in [2.05, 4.69) is 28.5 Å². The molecule has 114 valence electrons. The topological polar surface area (TPSA) is 88.6 Å². The summed E-state index contributed by atoms with van der Waals surface area (Å²) in [5.74, 6) is -0.180. The van der Waals surface area contributed by atoms with E-state index in [0.29, 0.717) is 15.4 Å². The van der Waals surface area contributed by atoms with Crippen LogP contribution >= 0.6 is 11.3 Å². The summed E-state index contributed by atoms with van der Waals surface area (Å²) in [7, 11) is 5.41. The van der Waals surface area contributed by atoms with Crippen LogP contribution in [0, 0.1) is 11.3 Å². The van der Waals surface area contributed by atoms with Crippen molar-refractivity contribution in [2.75, 3.05) is 58.5 Å². The van der Waals surface area contributed by atoms with Crippen LogP contribution in [0.1, 0.15) is 15.2 Å². The van der Waals surface area contributed by atoms with E-state index >= 15 is 0 Å². The molecule has 0 bridgehead atoms. The van der Waals surface area contributed by atoms with Gasteiger partial charge in [0.1, 0.15) is 21.5 Å². The first-order valence-electron chi connectivity index (χ1n) is 6.68. The fourth-order valence-corrected chi connectivity index (χ4v) is 3.18. The van der Waals surface area contributed by atoms with Crippen molar-refractivity contribution in [3.63, 3.8) is 0 Å². The van der Waals surface area contributed by atoms with Crippen molar-refractivity contribution < 1.29 is 4.79 Å². The molecule has 1 aliphatic rings. The molecule has 0 unspecified atom stereocenters. The zero-order valence-electron chi connectivity index (χ0n) is 12.5. The summed E-state index contributed by atoms with van der Waals surface area (Å²) < 4.78 is 0. The molecule has 1 aromatic heterocycles. The quantitative estimate of drug-likeness (QED) is 0.844. The molecular formula is C13H20N6OS. The van der Waals surface area contributed by atoms with Gasteiger partial charge in [-0.3, -0.25) is 4.79 Å². The van der Waals surface area contributed by atoms with Gasteiger partial charge >= 0.3 is 0 Å². The van der Waals surface area contributed by atoms with Crippen molar-refractivity contribution in [2.45, 2.75) is 0 Å². The Hall–Kier alpha value is -1.82. The Morgan fingerprint density at radius 1 is 1.38 bits per heavy atom. The number of nitrogens with two attached hydrogens (primary N) is 1. The lowest BCUT2D eigenvalue weighted by atomic mass is 10.2. The number of nitriles is 1. The highest BCUT2D eigenvalue weighted by Crippen LogP contribution is 2.36. The Kier molecular flexibility index (Phi) is 4.67. The molecule has 1 fully saturated rings. The van der Waals surface area contributed by atoms with Gasteiger partial charge in [0.2, 0.25) is 0 Å². The molecule has 7 nitrogen and oxygen atoms in total. The monoisotopic (exact) mass is 308 g/mol. The van der Waals surface area contributed by atoms with Crippen molar-refractivity contribution in [1.82, 2.24) is 14.8 Å². The largest absolute Gasteiger partial charge is 0.396 e. The van der Waals surface area contributed by atoms with Gasteiger partial charge in [-0.1, -0.05) is 0 Å². The predicted molar refractivity (Wildman–Crippen MR) is 84.2 cm³/mol. The van der Waals surface area contributed by atoms with E-state index in [1.54, 1.807) is 14.1 Å². The Morgan fingerprint density at radius 3 is 2.52 bits per heavy atom. The molecule has 3 N–H and O–H groups in total. The summed E-state index contributed by atoms with van der Waals surface area (Å²) in [6.07, 6.45) is 0. The van der Waals surface area contributed by atoms with Crippen LogP contribution in [0.25, 0.3) is 0 Å². The van der Waals surface area contributed by atoms with Gasteiger partial charge in [0.15, 0.2) is 0 Å². The first kappa shape index (κ1) is 15.6. The van der Waals surface area contributed by atoms with Crippen LogP contribution in [0.3, 0.4) is 0 Å². The van der Waals surface area contributed by atoms with Crippen LogP contribution in [0.5, 0.6) is 0 Å². The lowest BCUT2D eigenvalue weighted by molar-refractivity contribution is 0.0833. The van der Waals surface area contributed by atoms with Gasteiger partial charge < -0.3 is 21.0 Å². The second-order valence-corrected chi connectivity index (χ2v) is 6.28. The number of nitrogens with zero attached hydrogens (tertiary/aromatic N) is 4. The number of piperazine rings is 1. The number of hydrazine groups is 1. The van der Waals surface area contributed by atoms with E-state index in [1.807, 2.05) is 0 Å². The average molecular weight is 308 g/mol. The van der Waals surface area contributed by atoms with E-state index in [-0.39, 0.29) is 11.6 Å². The van der Waals surface area contributed by atoms with Crippen LogP contribution < -0.4 is 11.2 Å². The third kappa shape index (κ3) is 3.26. The average Bonchev–Trinajstić information content (AvgIpc) is 2.76. The van der Waals surface area contributed by atoms with Crippen LogP contribution in [0.2, 0.25) is 0 Å². The second kappa shape index (κ2) is 6.30. The molecule has 2 heterocycles. The number of thiophene rings is 1. The number of carbonyl (C=O) groups excluding carboxylic acids is 1. The molecular weight excluding hydrogens is 288 g/mol. The SMILES string of the molecule is CN1CCN(Nc2sc(C(=O)N(C)C)c(N)c2C#N)CC1. The van der Waals surface area contributed by atoms with Crippen LogP contribution in [-0.4, -0.2) is 68.0 Å². The number of nitrogen functional groups attached to an aromatic ring is 1. The van der Waals surface area contributed by atoms with Gasteiger partial charge in [0.25, 0.3) is 5.91 Å². The lowest BCUT2D eigenvalue weighted by Crippen LogP contribution is -2.46. The molecule has 0 saturated carbocycles. The highest BCUT2D eigenvalue weighted by atomic mass is 32.1. The summed E-state index contributed by atoms with van der Waals surface area (Å²) in [6, 6.07) is 2.09. The standard InChI is InChI=1S/C13H20N6OS/c1-17(2)13(20)11-10(15)9(8-14)12(21-11)16-19-6-4-18(3)5-7-19/h16H,4-7,15H2,1-3H3. The van der Waals surface area contributed by atoms with Gasteiger partial charge in [-0.05, 0) is 7.05 Å². The molecule has 0 spiro atoms. The van der Waals surface area contributed by atoms with Crippen molar-refractivity contribution in [3.05, 3.63) is 10.4 Å². The highest BCUT2D eigenvalue weighted by Gasteiger charge is 2.24. The van der Waals surface area contributed by atoms with Gasteiger partial charge in [0, 0.05) is 40.3 Å². The maximum Gasteiger partial charge on any atom is 0.265 e. The predicted octanol–water partition coefficient (Wildman–Crippen LogP) is 0.478. The number of hydrogen-bond acceptors (Lipinski definition) is 7. The number of amides is 1. The first-order chi connectivity index (χ1) is 9.93. The molecule has 2 rings (SSSR count). The molecule has 0 atom stereocenters.